The molecule has 47 heteroatoms. The van der Waals surface area contributed by atoms with Crippen LogP contribution in [0.1, 0.15) is 195 Å². The fourth-order valence-corrected chi connectivity index (χ4v) is 15.1. The zero-order chi connectivity index (χ0) is 104. The standard InChI is InChI=1S/3C19H24ClF3N4O.C18H21Cl2F3N4O.C18H21ClF4N4O/c2*1-4-26(5-2)8-9-27(12-14-10-13(3)6-7-15(14)20)18(28)16-11-17(25-24-16)19(21,22)23;1-4-26(5-2)8-9-27(12-14-7-6-13(3)10-15(14)20)18(28)16-11-17(25-24-16)19(21,22)23;2*1-3-26(4-2)8-9-27(11-12-13(19)6-5-7-14(12)20)17(28)15-10-16(25-24-15)18(21,22)23/h3*6-7,10-11H,4-5,8-9,12H2,1-3H3,(H,24,25);2*5-7,10H,3-4,8-9,11H2,1-2H3,(H,24,25). The minimum absolute atomic E-state index is 0.0623. The Morgan fingerprint density at radius 1 is 0.264 bits per heavy atom. The first-order valence-corrected chi connectivity index (χ1v) is 46.9. The summed E-state index contributed by atoms with van der Waals surface area (Å²) in [6, 6.07) is 29.1. The van der Waals surface area contributed by atoms with E-state index in [1.165, 1.54) is 42.7 Å². The maximum atomic E-state index is 14.2. The predicted molar refractivity (Wildman–Crippen MR) is 507 cm³/mol. The maximum absolute atomic E-state index is 14.2. The highest BCUT2D eigenvalue weighted by Crippen LogP contribution is 2.36. The number of alkyl halides is 15. The van der Waals surface area contributed by atoms with Crippen molar-refractivity contribution < 1.29 is 94.2 Å². The third-order valence-corrected chi connectivity index (χ3v) is 24.5. The van der Waals surface area contributed by atoms with Crippen molar-refractivity contribution >= 4 is 99.1 Å². The summed E-state index contributed by atoms with van der Waals surface area (Å²) < 4.78 is 207. The number of H-pyrrole nitrogens is 5. The van der Waals surface area contributed by atoms with Crippen LogP contribution in [0.5, 0.6) is 0 Å². The number of hydrogen-bond acceptors (Lipinski definition) is 15. The van der Waals surface area contributed by atoms with E-state index in [4.69, 9.17) is 69.6 Å². The number of likely N-dealkylation sites (N-methyl/N-ethyl adjacent to an activating group) is 5. The van der Waals surface area contributed by atoms with E-state index >= 15 is 0 Å². The molecule has 10 rings (SSSR count). The molecule has 5 aromatic heterocycles. The number of hydrogen-bond donors (Lipinski definition) is 5. The second kappa shape index (κ2) is 55.5. The molecule has 5 amide bonds. The number of rotatable bonds is 40. The van der Waals surface area contributed by atoms with E-state index in [1.54, 1.807) is 36.4 Å². The molecule has 0 fully saturated rings. The number of nitrogens with one attached hydrogen (secondary N) is 5. The maximum Gasteiger partial charge on any atom is 0.432 e. The molecular weight excluding hydrogens is 1990 g/mol. The van der Waals surface area contributed by atoms with Crippen molar-refractivity contribution in [2.24, 2.45) is 0 Å². The summed E-state index contributed by atoms with van der Waals surface area (Å²) in [4.78, 5) is 81.9. The zero-order valence-electron chi connectivity index (χ0n) is 79.3. The van der Waals surface area contributed by atoms with Crippen LogP contribution in [-0.4, -0.2) is 260 Å². The van der Waals surface area contributed by atoms with Crippen LogP contribution in [0.25, 0.3) is 0 Å². The molecule has 5 aromatic carbocycles. The van der Waals surface area contributed by atoms with E-state index in [2.05, 4.69) is 45.1 Å². The molecule has 770 valence electrons. The van der Waals surface area contributed by atoms with Gasteiger partial charge in [0, 0.05) is 163 Å². The molecule has 0 aliphatic carbocycles. The Kier molecular flexibility index (Phi) is 47.0. The molecule has 140 heavy (non-hydrogen) atoms. The highest BCUT2D eigenvalue weighted by molar-refractivity contribution is 6.36. The van der Waals surface area contributed by atoms with Crippen LogP contribution in [0.4, 0.5) is 70.2 Å². The van der Waals surface area contributed by atoms with Crippen molar-refractivity contribution in [2.45, 2.75) is 154 Å². The molecule has 0 aliphatic heterocycles. The molecule has 25 nitrogen and oxygen atoms in total. The minimum Gasteiger partial charge on any atom is -0.332 e. The van der Waals surface area contributed by atoms with Crippen molar-refractivity contribution in [1.29, 1.82) is 0 Å². The summed E-state index contributed by atoms with van der Waals surface area (Å²) in [6.07, 6.45) is -23.0. The van der Waals surface area contributed by atoms with Gasteiger partial charge in [0.25, 0.3) is 29.5 Å². The van der Waals surface area contributed by atoms with E-state index in [-0.39, 0.29) is 84.9 Å². The van der Waals surface area contributed by atoms with Crippen LogP contribution in [-0.2, 0) is 63.6 Å². The third-order valence-electron chi connectivity index (χ3n) is 22.4. The Labute approximate surface area is 831 Å². The number of carbonyl (C=O) groups is 5. The number of benzene rings is 5. The third kappa shape index (κ3) is 36.7. The fourth-order valence-electron chi connectivity index (χ4n) is 13.8. The molecule has 0 atom stereocenters. The molecule has 5 N–H and O–H groups in total. The lowest BCUT2D eigenvalue weighted by Gasteiger charge is -2.26. The van der Waals surface area contributed by atoms with Crippen LogP contribution in [0.15, 0.2) is 121 Å². The minimum atomic E-state index is -4.65. The quantitative estimate of drug-likeness (QED) is 0.0224. The number of carbonyl (C=O) groups excluding carboxylic acids is 5. The number of amides is 5. The highest BCUT2D eigenvalue weighted by atomic mass is 35.5. The lowest BCUT2D eigenvalue weighted by Crippen LogP contribution is -2.38. The SMILES string of the molecule is CCN(CC)CCN(Cc1c(Cl)cccc1Cl)C(=O)c1cc(C(F)(F)F)[nH]n1.CCN(CC)CCN(Cc1c(F)cccc1Cl)C(=O)c1cc(C(F)(F)F)[nH]n1.CCN(CC)CCN(Cc1cc(C)ccc1Cl)C(=O)c1cc(C(F)(F)F)[nH]n1.CCN(CC)CCN(Cc1cc(C)ccc1Cl)C(=O)c1cc(C(F)(F)F)[nH]n1.CCN(CC)CCN(Cc1ccc(C)cc1Cl)C(=O)c1cc(C(F)(F)F)[nH]n1. The fraction of sp³-hybridized carbons (Fsp3) is 0.462. The summed E-state index contributed by atoms with van der Waals surface area (Å²) in [6.45, 7) is 38.3. The molecule has 10 aromatic rings. The van der Waals surface area contributed by atoms with E-state index in [0.717, 1.165) is 117 Å². The summed E-state index contributed by atoms with van der Waals surface area (Å²) in [5.41, 5.74) is -1.06. The number of halogens is 22. The van der Waals surface area contributed by atoms with Gasteiger partial charge in [0.1, 0.15) is 34.3 Å². The summed E-state index contributed by atoms with van der Waals surface area (Å²) >= 11 is 37.2. The number of aromatic amines is 5. The molecule has 5 heterocycles. The Morgan fingerprint density at radius 2 is 0.486 bits per heavy atom. The Balaban J connectivity index is 0.000000268. The first-order valence-electron chi connectivity index (χ1n) is 44.6. The first kappa shape index (κ1) is 119. The van der Waals surface area contributed by atoms with Crippen molar-refractivity contribution in [3.05, 3.63) is 259 Å². The second-order valence-electron chi connectivity index (χ2n) is 31.8. The molecule has 0 saturated carbocycles. The molecule has 0 aliphatic rings. The van der Waals surface area contributed by atoms with Crippen molar-refractivity contribution in [3.63, 3.8) is 0 Å². The first-order chi connectivity index (χ1) is 65.8. The van der Waals surface area contributed by atoms with Crippen LogP contribution in [0.3, 0.4) is 0 Å². The number of aryl methyl sites for hydroxylation is 3. The van der Waals surface area contributed by atoms with Gasteiger partial charge >= 0.3 is 30.9 Å². The van der Waals surface area contributed by atoms with Gasteiger partial charge < -0.3 is 49.0 Å². The van der Waals surface area contributed by atoms with Gasteiger partial charge in [0.15, 0.2) is 28.5 Å². The highest BCUT2D eigenvalue weighted by Gasteiger charge is 2.40. The number of nitrogens with zero attached hydrogens (tertiary/aromatic N) is 15. The van der Waals surface area contributed by atoms with Crippen molar-refractivity contribution in [3.8, 4) is 0 Å². The van der Waals surface area contributed by atoms with Crippen molar-refractivity contribution in [1.82, 2.24) is 100.0 Å². The molecule has 0 bridgehead atoms. The Morgan fingerprint density at radius 3 is 0.721 bits per heavy atom. The average molecular weight is 2110 g/mol. The van der Waals surface area contributed by atoms with Gasteiger partial charge in [-0.2, -0.15) is 91.3 Å². The monoisotopic (exact) mass is 2100 g/mol. The lowest BCUT2D eigenvalue weighted by molar-refractivity contribution is -0.142. The molecule has 0 saturated heterocycles. The van der Waals surface area contributed by atoms with Crippen LogP contribution in [0, 0.1) is 26.6 Å². The van der Waals surface area contributed by atoms with Gasteiger partial charge in [-0.15, -0.1) is 0 Å². The molecular formula is C93H114Cl6F16N20O5. The van der Waals surface area contributed by atoms with Crippen LogP contribution >= 0.6 is 69.6 Å². The summed E-state index contributed by atoms with van der Waals surface area (Å²) in [5, 5.41) is 29.5. The van der Waals surface area contributed by atoms with Gasteiger partial charge in [-0.05, 0) is 151 Å². The lowest BCUT2D eigenvalue weighted by atomic mass is 10.1. The van der Waals surface area contributed by atoms with E-state index in [9.17, 15) is 94.2 Å². The van der Waals surface area contributed by atoms with Crippen LogP contribution < -0.4 is 0 Å². The summed E-state index contributed by atoms with van der Waals surface area (Å²) in [5.74, 6) is -3.68. The predicted octanol–water partition coefficient (Wildman–Crippen LogP) is 22.0. The topological polar surface area (TPSA) is 261 Å². The van der Waals surface area contributed by atoms with Gasteiger partial charge in [0.05, 0.1) is 6.54 Å². The van der Waals surface area contributed by atoms with Crippen molar-refractivity contribution in [2.75, 3.05) is 131 Å². The normalized spacial score (nSPS) is 11.9. The van der Waals surface area contributed by atoms with Gasteiger partial charge in [0.2, 0.25) is 0 Å². The van der Waals surface area contributed by atoms with Gasteiger partial charge in [-0.1, -0.05) is 199 Å². The van der Waals surface area contributed by atoms with E-state index < -0.39 is 94.7 Å². The van der Waals surface area contributed by atoms with E-state index in [1.807, 2.05) is 157 Å². The van der Waals surface area contributed by atoms with Gasteiger partial charge in [-0.25, -0.2) is 4.39 Å². The smallest absolute Gasteiger partial charge is 0.332 e. The Hall–Kier alpha value is -10.1. The zero-order valence-corrected chi connectivity index (χ0v) is 83.8. The molecule has 0 spiro atoms. The van der Waals surface area contributed by atoms with E-state index in [0.29, 0.717) is 95.2 Å². The van der Waals surface area contributed by atoms with Gasteiger partial charge in [-0.3, -0.25) is 49.5 Å². The number of aromatic nitrogens is 10. The molecule has 0 unspecified atom stereocenters. The second-order valence-corrected chi connectivity index (χ2v) is 34.2. The largest absolute Gasteiger partial charge is 0.432 e. The average Bonchev–Trinajstić information content (AvgIpc) is 1.68. The molecule has 0 radical (unpaired) electrons. The summed E-state index contributed by atoms with van der Waals surface area (Å²) in [7, 11) is 0. The van der Waals surface area contributed by atoms with Crippen LogP contribution in [0.2, 0.25) is 30.1 Å². The Bertz CT molecular complexity index is 5270.